The second kappa shape index (κ2) is 5.74. The van der Waals surface area contributed by atoms with Gasteiger partial charge in [-0.25, -0.2) is 0 Å². The van der Waals surface area contributed by atoms with Gasteiger partial charge < -0.3 is 5.11 Å². The predicted molar refractivity (Wildman–Crippen MR) is 74.1 cm³/mol. The lowest BCUT2D eigenvalue weighted by Crippen LogP contribution is -1.93. The summed E-state index contributed by atoms with van der Waals surface area (Å²) in [5.41, 5.74) is 1.42. The van der Waals surface area contributed by atoms with E-state index >= 15 is 0 Å². The normalized spacial score (nSPS) is 10.3. The highest BCUT2D eigenvalue weighted by Crippen LogP contribution is 2.28. The molecule has 0 bridgehead atoms. The maximum atomic E-state index is 11.3. The van der Waals surface area contributed by atoms with E-state index in [2.05, 4.69) is 0 Å². The quantitative estimate of drug-likeness (QED) is 0.668. The second-order valence-corrected chi connectivity index (χ2v) is 5.05. The number of benzene rings is 2. The molecule has 0 heterocycles. The zero-order valence-electron chi connectivity index (χ0n) is 10.1. The van der Waals surface area contributed by atoms with E-state index in [1.807, 2.05) is 30.3 Å². The SMILES string of the molecule is CC(=O)c1ccc(O)c(CSc2ccccc2)c1. The van der Waals surface area contributed by atoms with Crippen LogP contribution in [0.1, 0.15) is 22.8 Å². The van der Waals surface area contributed by atoms with Crippen LogP contribution in [0.3, 0.4) is 0 Å². The van der Waals surface area contributed by atoms with Gasteiger partial charge in [0, 0.05) is 21.8 Å². The number of ketones is 1. The summed E-state index contributed by atoms with van der Waals surface area (Å²) in [6.07, 6.45) is 0. The van der Waals surface area contributed by atoms with Gasteiger partial charge in [-0.2, -0.15) is 0 Å². The van der Waals surface area contributed by atoms with Gasteiger partial charge in [0.1, 0.15) is 5.75 Å². The summed E-state index contributed by atoms with van der Waals surface area (Å²) in [4.78, 5) is 12.4. The first kappa shape index (κ1) is 12.7. The molecule has 0 atom stereocenters. The third-order valence-electron chi connectivity index (χ3n) is 2.62. The zero-order valence-corrected chi connectivity index (χ0v) is 10.9. The van der Waals surface area contributed by atoms with Crippen LogP contribution in [0.15, 0.2) is 53.4 Å². The molecule has 0 aromatic heterocycles. The molecule has 2 aromatic carbocycles. The van der Waals surface area contributed by atoms with E-state index in [0.717, 1.165) is 10.5 Å². The van der Waals surface area contributed by atoms with E-state index in [1.54, 1.807) is 30.0 Å². The van der Waals surface area contributed by atoms with Crippen LogP contribution in [0.5, 0.6) is 5.75 Å². The van der Waals surface area contributed by atoms with Crippen molar-refractivity contribution in [2.75, 3.05) is 0 Å². The van der Waals surface area contributed by atoms with Gasteiger partial charge in [0.05, 0.1) is 0 Å². The van der Waals surface area contributed by atoms with Crippen molar-refractivity contribution in [2.45, 2.75) is 17.6 Å². The minimum absolute atomic E-state index is 0.0148. The van der Waals surface area contributed by atoms with Crippen molar-refractivity contribution in [3.05, 3.63) is 59.7 Å². The number of rotatable bonds is 4. The van der Waals surface area contributed by atoms with Crippen LogP contribution in [0, 0.1) is 0 Å². The standard InChI is InChI=1S/C15H14O2S/c1-11(16)12-7-8-15(17)13(9-12)10-18-14-5-3-2-4-6-14/h2-9,17H,10H2,1H3. The fourth-order valence-corrected chi connectivity index (χ4v) is 2.50. The summed E-state index contributed by atoms with van der Waals surface area (Å²) in [5, 5.41) is 9.77. The van der Waals surface area contributed by atoms with Crippen molar-refractivity contribution in [1.29, 1.82) is 0 Å². The van der Waals surface area contributed by atoms with Gasteiger partial charge in [-0.15, -0.1) is 11.8 Å². The molecule has 2 rings (SSSR count). The molecule has 0 amide bonds. The Morgan fingerprint density at radius 1 is 1.17 bits per heavy atom. The Bertz CT molecular complexity index is 550. The van der Waals surface area contributed by atoms with Gasteiger partial charge in [0.15, 0.2) is 5.78 Å². The lowest BCUT2D eigenvalue weighted by Gasteiger charge is -2.06. The molecular weight excluding hydrogens is 244 g/mol. The van der Waals surface area contributed by atoms with Crippen molar-refractivity contribution in [2.24, 2.45) is 0 Å². The third kappa shape index (κ3) is 3.14. The maximum absolute atomic E-state index is 11.3. The highest BCUT2D eigenvalue weighted by molar-refractivity contribution is 7.98. The fourth-order valence-electron chi connectivity index (χ4n) is 1.60. The van der Waals surface area contributed by atoms with Crippen LogP contribution in [0.4, 0.5) is 0 Å². The average Bonchev–Trinajstić information content (AvgIpc) is 2.38. The van der Waals surface area contributed by atoms with E-state index < -0.39 is 0 Å². The molecule has 0 radical (unpaired) electrons. The summed E-state index contributed by atoms with van der Waals surface area (Å²) in [6, 6.07) is 15.0. The molecule has 92 valence electrons. The first-order valence-electron chi connectivity index (χ1n) is 5.67. The molecule has 0 fully saturated rings. The Morgan fingerprint density at radius 3 is 2.56 bits per heavy atom. The third-order valence-corrected chi connectivity index (χ3v) is 3.68. The minimum atomic E-state index is 0.0148. The molecule has 2 aromatic rings. The molecule has 3 heteroatoms. The maximum Gasteiger partial charge on any atom is 0.159 e. The Hall–Kier alpha value is -1.74. The van der Waals surface area contributed by atoms with E-state index in [4.69, 9.17) is 0 Å². The van der Waals surface area contributed by atoms with Crippen molar-refractivity contribution >= 4 is 17.5 Å². The number of hydrogen-bond acceptors (Lipinski definition) is 3. The summed E-state index contributed by atoms with van der Waals surface area (Å²) in [5.74, 6) is 0.904. The summed E-state index contributed by atoms with van der Waals surface area (Å²) >= 11 is 1.64. The first-order valence-corrected chi connectivity index (χ1v) is 6.66. The van der Waals surface area contributed by atoms with Crippen LogP contribution in [0.2, 0.25) is 0 Å². The van der Waals surface area contributed by atoms with E-state index in [1.165, 1.54) is 6.92 Å². The summed E-state index contributed by atoms with van der Waals surface area (Å²) in [6.45, 7) is 1.53. The van der Waals surface area contributed by atoms with Crippen molar-refractivity contribution < 1.29 is 9.90 Å². The van der Waals surface area contributed by atoms with E-state index in [0.29, 0.717) is 11.3 Å². The van der Waals surface area contributed by atoms with Gasteiger partial charge in [-0.05, 0) is 37.3 Å². The van der Waals surface area contributed by atoms with Gasteiger partial charge in [-0.3, -0.25) is 4.79 Å². The zero-order chi connectivity index (χ0) is 13.0. The van der Waals surface area contributed by atoms with Crippen LogP contribution >= 0.6 is 11.8 Å². The molecule has 0 aliphatic rings. The number of carbonyl (C=O) groups is 1. The van der Waals surface area contributed by atoms with Crippen molar-refractivity contribution in [1.82, 2.24) is 0 Å². The Kier molecular flexibility index (Phi) is 4.05. The molecule has 0 aliphatic heterocycles. The van der Waals surface area contributed by atoms with Gasteiger partial charge in [0.2, 0.25) is 0 Å². The molecule has 18 heavy (non-hydrogen) atoms. The molecule has 1 N–H and O–H groups in total. The number of hydrogen-bond donors (Lipinski definition) is 1. The molecule has 0 saturated carbocycles. The van der Waals surface area contributed by atoms with Gasteiger partial charge >= 0.3 is 0 Å². The second-order valence-electron chi connectivity index (χ2n) is 4.00. The molecule has 0 aliphatic carbocycles. The monoisotopic (exact) mass is 258 g/mol. The fraction of sp³-hybridized carbons (Fsp3) is 0.133. The Balaban J connectivity index is 2.14. The molecule has 0 unspecified atom stereocenters. The number of Topliss-reactive ketones (excluding diaryl/α,β-unsaturated/α-hetero) is 1. The van der Waals surface area contributed by atoms with Crippen molar-refractivity contribution in [3.63, 3.8) is 0 Å². The Labute approximate surface area is 111 Å². The highest BCUT2D eigenvalue weighted by atomic mass is 32.2. The number of carbonyl (C=O) groups excluding carboxylic acids is 1. The predicted octanol–water partition coefficient (Wildman–Crippen LogP) is 3.89. The molecule has 0 spiro atoms. The molecule has 2 nitrogen and oxygen atoms in total. The lowest BCUT2D eigenvalue weighted by atomic mass is 10.1. The van der Waals surface area contributed by atoms with E-state index in [-0.39, 0.29) is 11.5 Å². The highest BCUT2D eigenvalue weighted by Gasteiger charge is 2.06. The number of aromatic hydroxyl groups is 1. The smallest absolute Gasteiger partial charge is 0.159 e. The van der Waals surface area contributed by atoms with Crippen molar-refractivity contribution in [3.8, 4) is 5.75 Å². The topological polar surface area (TPSA) is 37.3 Å². The molecular formula is C15H14O2S. The van der Waals surface area contributed by atoms with Crippen LogP contribution in [0.25, 0.3) is 0 Å². The lowest BCUT2D eigenvalue weighted by molar-refractivity contribution is 0.101. The van der Waals surface area contributed by atoms with Crippen LogP contribution in [-0.4, -0.2) is 10.9 Å². The van der Waals surface area contributed by atoms with Gasteiger partial charge in [-0.1, -0.05) is 18.2 Å². The number of phenolic OH excluding ortho intramolecular Hbond substituents is 1. The van der Waals surface area contributed by atoms with E-state index in [9.17, 15) is 9.90 Å². The number of phenols is 1. The first-order chi connectivity index (χ1) is 8.66. The summed E-state index contributed by atoms with van der Waals surface area (Å²) in [7, 11) is 0. The average molecular weight is 258 g/mol. The Morgan fingerprint density at radius 2 is 1.89 bits per heavy atom. The summed E-state index contributed by atoms with van der Waals surface area (Å²) < 4.78 is 0. The van der Waals surface area contributed by atoms with Crippen LogP contribution < -0.4 is 0 Å². The number of thioether (sulfide) groups is 1. The van der Waals surface area contributed by atoms with Gasteiger partial charge in [0.25, 0.3) is 0 Å². The minimum Gasteiger partial charge on any atom is -0.508 e. The van der Waals surface area contributed by atoms with Crippen LogP contribution in [-0.2, 0) is 5.75 Å². The molecule has 0 saturated heterocycles. The largest absolute Gasteiger partial charge is 0.508 e.